The average Bonchev–Trinajstić information content (AvgIpc) is 2.58. The SMILES string of the molecule is C=CCCC(=O)OCC(CC)(COC(=O)C=C)COC(=O)C=C. The predicted octanol–water partition coefficient (Wildman–Crippen LogP) is 2.35. The number of rotatable bonds is 12. The summed E-state index contributed by atoms with van der Waals surface area (Å²) in [6.07, 6.45) is 4.87. The molecular weight excluding hydrogens is 300 g/mol. The Morgan fingerprint density at radius 2 is 1.39 bits per heavy atom. The van der Waals surface area contributed by atoms with Gasteiger partial charge in [-0.05, 0) is 12.8 Å². The van der Waals surface area contributed by atoms with Crippen LogP contribution in [0.3, 0.4) is 0 Å². The Labute approximate surface area is 136 Å². The molecular formula is C17H24O6. The van der Waals surface area contributed by atoms with E-state index < -0.39 is 23.3 Å². The van der Waals surface area contributed by atoms with Gasteiger partial charge in [0.2, 0.25) is 0 Å². The monoisotopic (exact) mass is 324 g/mol. The third-order valence-electron chi connectivity index (χ3n) is 3.22. The van der Waals surface area contributed by atoms with Gasteiger partial charge in [0.25, 0.3) is 0 Å². The number of hydrogen-bond donors (Lipinski definition) is 0. The number of carbonyl (C=O) groups is 3. The van der Waals surface area contributed by atoms with Crippen LogP contribution in [0, 0.1) is 5.41 Å². The summed E-state index contributed by atoms with van der Waals surface area (Å²) < 4.78 is 15.3. The molecule has 23 heavy (non-hydrogen) atoms. The van der Waals surface area contributed by atoms with Gasteiger partial charge >= 0.3 is 17.9 Å². The van der Waals surface area contributed by atoms with Gasteiger partial charge in [-0.1, -0.05) is 26.2 Å². The molecule has 0 amide bonds. The average molecular weight is 324 g/mol. The summed E-state index contributed by atoms with van der Waals surface area (Å²) in [5, 5.41) is 0. The molecule has 0 N–H and O–H groups in total. The maximum atomic E-state index is 11.6. The first-order valence-electron chi connectivity index (χ1n) is 7.28. The van der Waals surface area contributed by atoms with E-state index >= 15 is 0 Å². The van der Waals surface area contributed by atoms with Crippen LogP contribution in [0.4, 0.5) is 0 Å². The lowest BCUT2D eigenvalue weighted by Crippen LogP contribution is -2.38. The van der Waals surface area contributed by atoms with Crippen molar-refractivity contribution >= 4 is 17.9 Å². The summed E-state index contributed by atoms with van der Waals surface area (Å²) in [6.45, 7) is 11.8. The van der Waals surface area contributed by atoms with Gasteiger partial charge in [-0.25, -0.2) is 9.59 Å². The minimum atomic E-state index is -0.818. The second kappa shape index (κ2) is 11.2. The van der Waals surface area contributed by atoms with Crippen LogP contribution in [-0.4, -0.2) is 37.7 Å². The summed E-state index contributed by atoms with van der Waals surface area (Å²) in [7, 11) is 0. The van der Waals surface area contributed by atoms with Crippen molar-refractivity contribution in [3.05, 3.63) is 38.0 Å². The number of hydrogen-bond acceptors (Lipinski definition) is 6. The van der Waals surface area contributed by atoms with E-state index in [0.717, 1.165) is 12.2 Å². The topological polar surface area (TPSA) is 78.9 Å². The minimum Gasteiger partial charge on any atom is -0.465 e. The number of carbonyl (C=O) groups excluding carboxylic acids is 3. The van der Waals surface area contributed by atoms with E-state index in [1.165, 1.54) is 0 Å². The molecule has 128 valence electrons. The van der Waals surface area contributed by atoms with Gasteiger partial charge in [-0.2, -0.15) is 0 Å². The number of allylic oxidation sites excluding steroid dienone is 1. The van der Waals surface area contributed by atoms with Crippen LogP contribution in [0.2, 0.25) is 0 Å². The van der Waals surface area contributed by atoms with Gasteiger partial charge < -0.3 is 14.2 Å². The van der Waals surface area contributed by atoms with Gasteiger partial charge in [-0.3, -0.25) is 4.79 Å². The van der Waals surface area contributed by atoms with Crippen molar-refractivity contribution in [3.63, 3.8) is 0 Å². The van der Waals surface area contributed by atoms with Crippen LogP contribution >= 0.6 is 0 Å². The van der Waals surface area contributed by atoms with Gasteiger partial charge in [0.05, 0.1) is 5.41 Å². The van der Waals surface area contributed by atoms with Crippen molar-refractivity contribution in [1.29, 1.82) is 0 Å². The Balaban J connectivity index is 4.84. The minimum absolute atomic E-state index is 0.0334. The van der Waals surface area contributed by atoms with Crippen molar-refractivity contribution in [3.8, 4) is 0 Å². The molecule has 0 aliphatic carbocycles. The van der Waals surface area contributed by atoms with Crippen LogP contribution in [-0.2, 0) is 28.6 Å². The molecule has 0 aromatic rings. The zero-order chi connectivity index (χ0) is 17.7. The van der Waals surface area contributed by atoms with E-state index in [1.807, 2.05) is 6.92 Å². The number of esters is 3. The van der Waals surface area contributed by atoms with Gasteiger partial charge in [0.1, 0.15) is 19.8 Å². The Hall–Kier alpha value is -2.37. The lowest BCUT2D eigenvalue weighted by atomic mass is 9.88. The second-order valence-corrected chi connectivity index (χ2v) is 4.97. The zero-order valence-corrected chi connectivity index (χ0v) is 13.5. The number of ether oxygens (including phenoxy) is 3. The smallest absolute Gasteiger partial charge is 0.330 e. The van der Waals surface area contributed by atoms with Crippen molar-refractivity contribution in [1.82, 2.24) is 0 Å². The van der Waals surface area contributed by atoms with Crippen LogP contribution in [0.1, 0.15) is 26.2 Å². The lowest BCUT2D eigenvalue weighted by molar-refractivity contribution is -0.158. The summed E-state index contributed by atoms with van der Waals surface area (Å²) >= 11 is 0. The second-order valence-electron chi connectivity index (χ2n) is 4.97. The third kappa shape index (κ3) is 8.60. The first-order valence-corrected chi connectivity index (χ1v) is 7.28. The standard InChI is InChI=1S/C17H24O6/c1-5-9-10-16(20)23-13-17(8-4,11-21-14(18)6-2)12-22-15(19)7-3/h5-7H,1-3,8-13H2,4H3. The van der Waals surface area contributed by atoms with Crippen LogP contribution in [0.5, 0.6) is 0 Å². The maximum absolute atomic E-state index is 11.6. The molecule has 0 rings (SSSR count). The van der Waals surface area contributed by atoms with E-state index in [4.69, 9.17) is 14.2 Å². The van der Waals surface area contributed by atoms with E-state index in [-0.39, 0.29) is 26.2 Å². The highest BCUT2D eigenvalue weighted by atomic mass is 16.6. The van der Waals surface area contributed by atoms with E-state index in [0.29, 0.717) is 12.8 Å². The Bertz CT molecular complexity index is 428. The highest BCUT2D eigenvalue weighted by molar-refractivity contribution is 5.81. The van der Waals surface area contributed by atoms with Gasteiger partial charge in [-0.15, -0.1) is 6.58 Å². The first kappa shape index (κ1) is 20.6. The van der Waals surface area contributed by atoms with Crippen LogP contribution in [0.15, 0.2) is 38.0 Å². The highest BCUT2D eigenvalue weighted by Gasteiger charge is 2.33. The Morgan fingerprint density at radius 3 is 1.78 bits per heavy atom. The molecule has 0 aliphatic heterocycles. The largest absolute Gasteiger partial charge is 0.465 e. The van der Waals surface area contributed by atoms with Crippen molar-refractivity contribution in [2.24, 2.45) is 5.41 Å². The molecule has 6 heteroatoms. The zero-order valence-electron chi connectivity index (χ0n) is 13.5. The van der Waals surface area contributed by atoms with Crippen molar-refractivity contribution in [2.75, 3.05) is 19.8 Å². The highest BCUT2D eigenvalue weighted by Crippen LogP contribution is 2.24. The molecule has 0 aliphatic rings. The molecule has 0 aromatic heterocycles. The quantitative estimate of drug-likeness (QED) is 0.237. The normalized spacial score (nSPS) is 10.3. The summed E-state index contributed by atoms with van der Waals surface area (Å²) in [5.41, 5.74) is -0.818. The van der Waals surface area contributed by atoms with Crippen molar-refractivity contribution in [2.45, 2.75) is 26.2 Å². The van der Waals surface area contributed by atoms with Crippen LogP contribution in [0.25, 0.3) is 0 Å². The third-order valence-corrected chi connectivity index (χ3v) is 3.22. The van der Waals surface area contributed by atoms with E-state index in [2.05, 4.69) is 19.7 Å². The summed E-state index contributed by atoms with van der Waals surface area (Å²) in [4.78, 5) is 34.2. The Kier molecular flexibility index (Phi) is 10.1. The fourth-order valence-electron chi connectivity index (χ4n) is 1.52. The van der Waals surface area contributed by atoms with E-state index in [9.17, 15) is 14.4 Å². The maximum Gasteiger partial charge on any atom is 0.330 e. The first-order chi connectivity index (χ1) is 10.9. The molecule has 0 fully saturated rings. The predicted molar refractivity (Wildman–Crippen MR) is 85.4 cm³/mol. The molecule has 0 radical (unpaired) electrons. The molecule has 0 bridgehead atoms. The van der Waals surface area contributed by atoms with E-state index in [1.54, 1.807) is 6.08 Å². The molecule has 6 nitrogen and oxygen atoms in total. The van der Waals surface area contributed by atoms with Crippen molar-refractivity contribution < 1.29 is 28.6 Å². The van der Waals surface area contributed by atoms with Gasteiger partial charge in [0, 0.05) is 18.6 Å². The fourth-order valence-corrected chi connectivity index (χ4v) is 1.52. The Morgan fingerprint density at radius 1 is 0.913 bits per heavy atom. The lowest BCUT2D eigenvalue weighted by Gasteiger charge is -2.30. The summed E-state index contributed by atoms with van der Waals surface area (Å²) in [6, 6.07) is 0. The molecule has 0 saturated carbocycles. The fraction of sp³-hybridized carbons (Fsp3) is 0.471. The van der Waals surface area contributed by atoms with Crippen LogP contribution < -0.4 is 0 Å². The van der Waals surface area contributed by atoms with Gasteiger partial charge in [0.15, 0.2) is 0 Å². The summed E-state index contributed by atoms with van der Waals surface area (Å²) in [5.74, 6) is -1.60. The molecule has 0 heterocycles. The molecule has 0 saturated heterocycles. The molecule has 0 spiro atoms. The molecule has 0 unspecified atom stereocenters. The molecule has 0 atom stereocenters. The molecule has 0 aromatic carbocycles.